The summed E-state index contributed by atoms with van der Waals surface area (Å²) in [4.78, 5) is 0. The first-order chi connectivity index (χ1) is 9.67. The zero-order valence-electron chi connectivity index (χ0n) is 12.0. The molecule has 3 rings (SSSR count). The van der Waals surface area contributed by atoms with Crippen molar-refractivity contribution >= 4 is 0 Å². The molecular formula is C16H20FN3. The van der Waals surface area contributed by atoms with Crippen LogP contribution >= 0.6 is 0 Å². The highest BCUT2D eigenvalue weighted by Crippen LogP contribution is 2.27. The van der Waals surface area contributed by atoms with Gasteiger partial charge in [0.2, 0.25) is 0 Å². The van der Waals surface area contributed by atoms with Crippen molar-refractivity contribution in [2.24, 2.45) is 0 Å². The van der Waals surface area contributed by atoms with Crippen molar-refractivity contribution in [1.29, 1.82) is 0 Å². The van der Waals surface area contributed by atoms with Gasteiger partial charge in [0.25, 0.3) is 0 Å². The van der Waals surface area contributed by atoms with E-state index >= 15 is 0 Å². The van der Waals surface area contributed by atoms with Gasteiger partial charge in [0.1, 0.15) is 5.82 Å². The van der Waals surface area contributed by atoms with Gasteiger partial charge in [0.15, 0.2) is 0 Å². The lowest BCUT2D eigenvalue weighted by molar-refractivity contribution is 0.628. The second-order valence-corrected chi connectivity index (χ2v) is 5.45. The third-order valence-corrected chi connectivity index (χ3v) is 3.76. The van der Waals surface area contributed by atoms with Crippen molar-refractivity contribution in [3.8, 4) is 11.1 Å². The maximum Gasteiger partial charge on any atom is 0.131 e. The van der Waals surface area contributed by atoms with E-state index in [1.165, 1.54) is 12.8 Å². The second-order valence-electron chi connectivity index (χ2n) is 5.45. The molecule has 1 aromatic carbocycles. The van der Waals surface area contributed by atoms with E-state index in [4.69, 9.17) is 0 Å². The monoisotopic (exact) mass is 273 g/mol. The number of nitrogens with zero attached hydrogens (tertiary/aromatic N) is 2. The lowest BCUT2D eigenvalue weighted by Crippen LogP contribution is -2.15. The summed E-state index contributed by atoms with van der Waals surface area (Å²) >= 11 is 0. The number of hydrogen-bond donors (Lipinski definition) is 1. The Morgan fingerprint density at radius 2 is 2.15 bits per heavy atom. The lowest BCUT2D eigenvalue weighted by atomic mass is 10.0. The Labute approximate surface area is 118 Å². The maximum absolute atomic E-state index is 14.1. The Morgan fingerprint density at radius 1 is 1.35 bits per heavy atom. The summed E-state index contributed by atoms with van der Waals surface area (Å²) in [6.45, 7) is 5.56. The minimum Gasteiger partial charge on any atom is -0.310 e. The van der Waals surface area contributed by atoms with Crippen LogP contribution in [0.25, 0.3) is 11.1 Å². The first kappa shape index (κ1) is 13.3. The number of rotatable bonds is 5. The van der Waals surface area contributed by atoms with Gasteiger partial charge in [0, 0.05) is 36.5 Å². The van der Waals surface area contributed by atoms with Crippen molar-refractivity contribution in [3.63, 3.8) is 0 Å². The Kier molecular flexibility index (Phi) is 3.57. The largest absolute Gasteiger partial charge is 0.310 e. The van der Waals surface area contributed by atoms with E-state index in [-0.39, 0.29) is 5.82 Å². The Morgan fingerprint density at radius 3 is 2.80 bits per heavy atom. The molecule has 20 heavy (non-hydrogen) atoms. The minimum atomic E-state index is -0.182. The fourth-order valence-corrected chi connectivity index (χ4v) is 2.38. The molecule has 0 radical (unpaired) electrons. The van der Waals surface area contributed by atoms with E-state index < -0.39 is 0 Å². The van der Waals surface area contributed by atoms with Crippen LogP contribution in [0.5, 0.6) is 0 Å². The van der Waals surface area contributed by atoms with Crippen LogP contribution in [0.15, 0.2) is 24.4 Å². The van der Waals surface area contributed by atoms with Gasteiger partial charge in [-0.1, -0.05) is 6.07 Å². The average molecular weight is 273 g/mol. The zero-order chi connectivity index (χ0) is 14.1. The van der Waals surface area contributed by atoms with Crippen LogP contribution in [0.3, 0.4) is 0 Å². The quantitative estimate of drug-likeness (QED) is 0.906. The summed E-state index contributed by atoms with van der Waals surface area (Å²) < 4.78 is 15.9. The van der Waals surface area contributed by atoms with Gasteiger partial charge >= 0.3 is 0 Å². The normalized spacial score (nSPS) is 14.8. The molecule has 0 saturated heterocycles. The molecule has 0 bridgehead atoms. The number of nitrogens with one attached hydrogen (secondary N) is 1. The van der Waals surface area contributed by atoms with Gasteiger partial charge in [-0.3, -0.25) is 4.68 Å². The maximum atomic E-state index is 14.1. The Hall–Kier alpha value is -1.68. The average Bonchev–Trinajstić information content (AvgIpc) is 3.20. The zero-order valence-corrected chi connectivity index (χ0v) is 12.0. The van der Waals surface area contributed by atoms with Gasteiger partial charge in [-0.25, -0.2) is 4.39 Å². The van der Waals surface area contributed by atoms with Crippen molar-refractivity contribution in [2.75, 3.05) is 0 Å². The van der Waals surface area contributed by atoms with E-state index in [2.05, 4.69) is 10.4 Å². The van der Waals surface area contributed by atoms with Crippen LogP contribution in [-0.4, -0.2) is 15.8 Å². The molecule has 4 heteroatoms. The molecule has 1 N–H and O–H groups in total. The van der Waals surface area contributed by atoms with E-state index in [1.54, 1.807) is 6.07 Å². The topological polar surface area (TPSA) is 29.9 Å². The highest BCUT2D eigenvalue weighted by Gasteiger charge is 2.20. The summed E-state index contributed by atoms with van der Waals surface area (Å²) in [5.74, 6) is -0.182. The molecule has 2 aromatic rings. The second kappa shape index (κ2) is 5.37. The minimum absolute atomic E-state index is 0.182. The van der Waals surface area contributed by atoms with Crippen molar-refractivity contribution in [3.05, 3.63) is 41.5 Å². The van der Waals surface area contributed by atoms with Crippen molar-refractivity contribution < 1.29 is 4.39 Å². The van der Waals surface area contributed by atoms with Crippen LogP contribution < -0.4 is 5.32 Å². The predicted molar refractivity (Wildman–Crippen MR) is 77.9 cm³/mol. The van der Waals surface area contributed by atoms with Crippen LogP contribution in [-0.2, 0) is 13.1 Å². The van der Waals surface area contributed by atoms with Gasteiger partial charge in [-0.2, -0.15) is 5.10 Å². The highest BCUT2D eigenvalue weighted by atomic mass is 19.1. The molecule has 3 nitrogen and oxygen atoms in total. The molecule has 1 aliphatic rings. The van der Waals surface area contributed by atoms with Gasteiger partial charge in [-0.15, -0.1) is 0 Å². The molecule has 1 fully saturated rings. The number of benzene rings is 1. The van der Waals surface area contributed by atoms with E-state index in [9.17, 15) is 4.39 Å². The third kappa shape index (κ3) is 2.75. The predicted octanol–water partition coefficient (Wildman–Crippen LogP) is 3.27. The van der Waals surface area contributed by atoms with Crippen molar-refractivity contribution in [1.82, 2.24) is 15.1 Å². The molecular weight excluding hydrogens is 253 g/mol. The Bertz CT molecular complexity index is 614. The number of hydrogen-bond acceptors (Lipinski definition) is 2. The first-order valence-electron chi connectivity index (χ1n) is 7.23. The molecule has 0 spiro atoms. The molecule has 0 aliphatic heterocycles. The highest BCUT2D eigenvalue weighted by molar-refractivity contribution is 5.66. The van der Waals surface area contributed by atoms with Gasteiger partial charge < -0.3 is 5.32 Å². The SMILES string of the molecule is CCn1cc(-c2cc(CNC3CC3)ccc2F)c(C)n1. The van der Waals surface area contributed by atoms with Crippen LogP contribution in [0.4, 0.5) is 4.39 Å². The number of halogens is 1. The standard InChI is InChI=1S/C16H20FN3/c1-3-20-10-15(11(2)19-20)14-8-12(4-7-16(14)17)9-18-13-5-6-13/h4,7-8,10,13,18H,3,5-6,9H2,1-2H3. The van der Waals surface area contributed by atoms with E-state index in [0.717, 1.165) is 29.9 Å². The summed E-state index contributed by atoms with van der Waals surface area (Å²) in [5.41, 5.74) is 3.53. The molecule has 106 valence electrons. The molecule has 1 saturated carbocycles. The Balaban J connectivity index is 1.89. The third-order valence-electron chi connectivity index (χ3n) is 3.76. The fraction of sp³-hybridized carbons (Fsp3) is 0.438. The smallest absolute Gasteiger partial charge is 0.131 e. The molecule has 1 heterocycles. The first-order valence-corrected chi connectivity index (χ1v) is 7.23. The fourth-order valence-electron chi connectivity index (χ4n) is 2.38. The van der Waals surface area contributed by atoms with Crippen LogP contribution in [0, 0.1) is 12.7 Å². The number of aromatic nitrogens is 2. The summed E-state index contributed by atoms with van der Waals surface area (Å²) in [6.07, 6.45) is 4.44. The summed E-state index contributed by atoms with van der Waals surface area (Å²) in [6, 6.07) is 6.01. The molecule has 0 unspecified atom stereocenters. The van der Waals surface area contributed by atoms with Crippen LogP contribution in [0.1, 0.15) is 31.0 Å². The van der Waals surface area contributed by atoms with E-state index in [1.807, 2.05) is 36.9 Å². The molecule has 0 amide bonds. The van der Waals surface area contributed by atoms with Crippen LogP contribution in [0.2, 0.25) is 0 Å². The lowest BCUT2D eigenvalue weighted by Gasteiger charge is -2.07. The molecule has 1 aromatic heterocycles. The van der Waals surface area contributed by atoms with E-state index in [0.29, 0.717) is 11.6 Å². The summed E-state index contributed by atoms with van der Waals surface area (Å²) in [5, 5.41) is 7.85. The van der Waals surface area contributed by atoms with Crippen molar-refractivity contribution in [2.45, 2.75) is 45.8 Å². The van der Waals surface area contributed by atoms with Gasteiger partial charge in [-0.05, 0) is 44.4 Å². The summed E-state index contributed by atoms with van der Waals surface area (Å²) in [7, 11) is 0. The van der Waals surface area contributed by atoms with Gasteiger partial charge in [0.05, 0.1) is 5.69 Å². The molecule has 1 aliphatic carbocycles. The molecule has 0 atom stereocenters. The number of aryl methyl sites for hydroxylation is 2.